The molecule has 6 heteroatoms. The minimum Gasteiger partial charge on any atom is -0.346 e. The van der Waals surface area contributed by atoms with E-state index in [1.54, 1.807) is 0 Å². The van der Waals surface area contributed by atoms with Crippen LogP contribution in [0.25, 0.3) is 0 Å². The van der Waals surface area contributed by atoms with E-state index >= 15 is 0 Å². The second-order valence-electron chi connectivity index (χ2n) is 2.42. The highest BCUT2D eigenvalue weighted by Gasteiger charge is 2.06. The summed E-state index contributed by atoms with van der Waals surface area (Å²) in [5.74, 6) is -0.365. The smallest absolute Gasteiger partial charge is 0.271 e. The number of rotatable bonds is 3. The van der Waals surface area contributed by atoms with Crippen LogP contribution in [0.15, 0.2) is 24.0 Å². The molecular weight excluding hydrogens is 225 g/mol. The number of carbonyl (C=O) groups is 1. The molecule has 74 valence electrons. The van der Waals surface area contributed by atoms with E-state index in [0.29, 0.717) is 5.03 Å². The van der Waals surface area contributed by atoms with Gasteiger partial charge >= 0.3 is 0 Å². The van der Waals surface area contributed by atoms with E-state index < -0.39 is 0 Å². The summed E-state index contributed by atoms with van der Waals surface area (Å²) in [7, 11) is 0. The van der Waals surface area contributed by atoms with Gasteiger partial charge in [0.25, 0.3) is 5.91 Å². The third-order valence-electron chi connectivity index (χ3n) is 1.29. The Kier molecular flexibility index (Phi) is 3.85. The van der Waals surface area contributed by atoms with Gasteiger partial charge in [-0.25, -0.2) is 9.97 Å². The van der Waals surface area contributed by atoms with Crippen LogP contribution in [0, 0.1) is 0 Å². The van der Waals surface area contributed by atoms with Gasteiger partial charge in [0.1, 0.15) is 10.8 Å². The van der Waals surface area contributed by atoms with Gasteiger partial charge in [-0.05, 0) is 0 Å². The Morgan fingerprint density at radius 3 is 2.71 bits per heavy atom. The van der Waals surface area contributed by atoms with Gasteiger partial charge in [0.05, 0.1) is 18.9 Å². The quantitative estimate of drug-likeness (QED) is 0.861. The minimum atomic E-state index is -0.365. The summed E-state index contributed by atoms with van der Waals surface area (Å²) >= 11 is 11.0. The van der Waals surface area contributed by atoms with Crippen molar-refractivity contribution in [3.05, 3.63) is 34.9 Å². The zero-order valence-electron chi connectivity index (χ0n) is 7.13. The Hall–Kier alpha value is -1.13. The first kappa shape index (κ1) is 10.9. The van der Waals surface area contributed by atoms with Crippen molar-refractivity contribution in [2.45, 2.75) is 0 Å². The molecule has 0 aliphatic carbocycles. The molecule has 0 aliphatic rings. The number of carbonyl (C=O) groups excluding carboxylic acids is 1. The van der Waals surface area contributed by atoms with E-state index in [1.165, 1.54) is 12.4 Å². The summed E-state index contributed by atoms with van der Waals surface area (Å²) < 4.78 is 0. The number of nitrogens with zero attached hydrogens (tertiary/aromatic N) is 2. The summed E-state index contributed by atoms with van der Waals surface area (Å²) in [6.07, 6.45) is 2.58. The van der Waals surface area contributed by atoms with Crippen LogP contribution < -0.4 is 5.32 Å². The molecule has 0 aromatic carbocycles. The van der Waals surface area contributed by atoms with E-state index in [2.05, 4.69) is 21.9 Å². The minimum absolute atomic E-state index is 0.187. The molecule has 0 saturated heterocycles. The van der Waals surface area contributed by atoms with Gasteiger partial charge in [-0.2, -0.15) is 0 Å². The summed E-state index contributed by atoms with van der Waals surface area (Å²) in [6, 6.07) is 0. The highest BCUT2D eigenvalue weighted by Crippen LogP contribution is 2.01. The lowest BCUT2D eigenvalue weighted by atomic mass is 10.4. The maximum atomic E-state index is 11.3. The number of nitrogens with one attached hydrogen (secondary N) is 1. The highest BCUT2D eigenvalue weighted by molar-refractivity contribution is 6.29. The third kappa shape index (κ3) is 3.32. The van der Waals surface area contributed by atoms with Crippen molar-refractivity contribution < 1.29 is 4.79 Å². The molecule has 0 spiro atoms. The molecule has 0 bridgehead atoms. The molecule has 1 amide bonds. The summed E-state index contributed by atoms with van der Waals surface area (Å²) in [6.45, 7) is 3.63. The van der Waals surface area contributed by atoms with Crippen LogP contribution >= 0.6 is 23.2 Å². The largest absolute Gasteiger partial charge is 0.346 e. The summed E-state index contributed by atoms with van der Waals surface area (Å²) in [4.78, 5) is 18.8. The predicted molar refractivity (Wildman–Crippen MR) is 54.4 cm³/mol. The van der Waals surface area contributed by atoms with E-state index in [9.17, 15) is 4.79 Å². The molecule has 0 unspecified atom stereocenters. The van der Waals surface area contributed by atoms with E-state index in [0.717, 1.165) is 0 Å². The van der Waals surface area contributed by atoms with Crippen LogP contribution in [0.3, 0.4) is 0 Å². The summed E-state index contributed by atoms with van der Waals surface area (Å²) in [5, 5.41) is 3.09. The number of aromatic nitrogens is 2. The topological polar surface area (TPSA) is 54.9 Å². The fourth-order valence-electron chi connectivity index (χ4n) is 0.696. The Labute approximate surface area is 91.0 Å². The number of amides is 1. The molecule has 1 N–H and O–H groups in total. The van der Waals surface area contributed by atoms with Crippen molar-refractivity contribution in [3.8, 4) is 0 Å². The van der Waals surface area contributed by atoms with E-state index in [-0.39, 0.29) is 23.3 Å². The number of halogens is 2. The maximum absolute atomic E-state index is 11.3. The monoisotopic (exact) mass is 231 g/mol. The Morgan fingerprint density at radius 1 is 1.50 bits per heavy atom. The van der Waals surface area contributed by atoms with Crippen LogP contribution in [0.5, 0.6) is 0 Å². The average Bonchev–Trinajstić information content (AvgIpc) is 2.15. The van der Waals surface area contributed by atoms with Gasteiger partial charge in [-0.1, -0.05) is 29.8 Å². The molecule has 4 nitrogen and oxygen atoms in total. The molecule has 1 aromatic heterocycles. The molecule has 0 atom stereocenters. The molecule has 0 aliphatic heterocycles. The molecule has 0 saturated carbocycles. The van der Waals surface area contributed by atoms with Crippen LogP contribution in [0.2, 0.25) is 5.15 Å². The summed E-state index contributed by atoms with van der Waals surface area (Å²) in [5.41, 5.74) is 0.187. The molecule has 1 rings (SSSR count). The van der Waals surface area contributed by atoms with Gasteiger partial charge in [-0.15, -0.1) is 0 Å². The van der Waals surface area contributed by atoms with E-state index in [1.807, 2.05) is 0 Å². The van der Waals surface area contributed by atoms with E-state index in [4.69, 9.17) is 23.2 Å². The SMILES string of the molecule is C=C(Cl)CNC(=O)c1cnc(Cl)cn1. The third-order valence-corrected chi connectivity index (χ3v) is 1.62. The lowest BCUT2D eigenvalue weighted by molar-refractivity contribution is 0.0952. The van der Waals surface area contributed by atoms with Crippen molar-refractivity contribution in [1.82, 2.24) is 15.3 Å². The highest BCUT2D eigenvalue weighted by atomic mass is 35.5. The van der Waals surface area contributed by atoms with Crippen molar-refractivity contribution in [1.29, 1.82) is 0 Å². The van der Waals surface area contributed by atoms with Gasteiger partial charge in [0, 0.05) is 5.03 Å². The first-order chi connectivity index (χ1) is 6.59. The Morgan fingerprint density at radius 2 is 2.21 bits per heavy atom. The molecule has 14 heavy (non-hydrogen) atoms. The second-order valence-corrected chi connectivity index (χ2v) is 3.35. The van der Waals surface area contributed by atoms with Crippen LogP contribution in [-0.2, 0) is 0 Å². The number of hydrogen-bond donors (Lipinski definition) is 1. The first-order valence-corrected chi connectivity index (χ1v) is 4.44. The van der Waals surface area contributed by atoms with Crippen LogP contribution in [0.4, 0.5) is 0 Å². The lowest BCUT2D eigenvalue weighted by Crippen LogP contribution is -2.25. The van der Waals surface area contributed by atoms with Gasteiger partial charge in [-0.3, -0.25) is 4.79 Å². The molecular formula is C8H7Cl2N3O. The van der Waals surface area contributed by atoms with Gasteiger partial charge in [0.15, 0.2) is 0 Å². The van der Waals surface area contributed by atoms with Crippen molar-refractivity contribution in [3.63, 3.8) is 0 Å². The fourth-order valence-corrected chi connectivity index (χ4v) is 0.861. The zero-order chi connectivity index (χ0) is 10.6. The maximum Gasteiger partial charge on any atom is 0.271 e. The first-order valence-electron chi connectivity index (χ1n) is 3.68. The molecule has 1 aromatic rings. The Balaban J connectivity index is 2.61. The lowest BCUT2D eigenvalue weighted by Gasteiger charge is -2.01. The van der Waals surface area contributed by atoms with Crippen LogP contribution in [-0.4, -0.2) is 22.4 Å². The van der Waals surface area contributed by atoms with Crippen LogP contribution in [0.1, 0.15) is 10.5 Å². The normalized spacial score (nSPS) is 9.57. The van der Waals surface area contributed by atoms with Crippen molar-refractivity contribution >= 4 is 29.1 Å². The number of hydrogen-bond acceptors (Lipinski definition) is 3. The van der Waals surface area contributed by atoms with Crippen molar-refractivity contribution in [2.75, 3.05) is 6.54 Å². The zero-order valence-corrected chi connectivity index (χ0v) is 8.64. The van der Waals surface area contributed by atoms with Gasteiger partial charge in [0.2, 0.25) is 0 Å². The standard InChI is InChI=1S/C8H7Cl2N3O/c1-5(9)2-13-8(14)6-3-12-7(10)4-11-6/h3-4H,1-2H2,(H,13,14). The fraction of sp³-hybridized carbons (Fsp3) is 0.125. The average molecular weight is 232 g/mol. The van der Waals surface area contributed by atoms with Gasteiger partial charge < -0.3 is 5.32 Å². The second kappa shape index (κ2) is 4.93. The molecule has 0 fully saturated rings. The molecule has 1 heterocycles. The van der Waals surface area contributed by atoms with Crippen molar-refractivity contribution in [2.24, 2.45) is 0 Å². The Bertz CT molecular complexity index is 350. The molecule has 0 radical (unpaired) electrons. The predicted octanol–water partition coefficient (Wildman–Crippen LogP) is 1.61.